The number of urea groups is 1. The molecule has 1 N–H and O–H groups in total. The first-order chi connectivity index (χ1) is 11.5. The Labute approximate surface area is 142 Å². The van der Waals surface area contributed by atoms with Crippen molar-refractivity contribution in [1.82, 2.24) is 10.2 Å². The summed E-state index contributed by atoms with van der Waals surface area (Å²) in [5.74, 6) is 0.524. The Hall–Kier alpha value is -2.56. The van der Waals surface area contributed by atoms with Gasteiger partial charge in [0.2, 0.25) is 0 Å². The summed E-state index contributed by atoms with van der Waals surface area (Å²) in [5.41, 5.74) is 2.97. The van der Waals surface area contributed by atoms with Crippen LogP contribution in [0.15, 0.2) is 42.5 Å². The second-order valence-electron chi connectivity index (χ2n) is 5.78. The van der Waals surface area contributed by atoms with Crippen LogP contribution in [0.2, 0.25) is 0 Å². The van der Waals surface area contributed by atoms with Gasteiger partial charge in [0, 0.05) is 20.1 Å². The molecule has 0 heterocycles. The number of carbonyl (C=O) groups excluding carboxylic acids is 1. The minimum absolute atomic E-state index is 0.189. The largest absolute Gasteiger partial charge is 0.496 e. The number of nitrogens with one attached hydrogen (secondary N) is 1. The zero-order valence-corrected chi connectivity index (χ0v) is 14.3. The molecule has 0 aliphatic heterocycles. The number of amides is 2. The van der Waals surface area contributed by atoms with Gasteiger partial charge >= 0.3 is 6.03 Å². The Kier molecular flexibility index (Phi) is 6.18. The quantitative estimate of drug-likeness (QED) is 0.880. The zero-order chi connectivity index (χ0) is 17.5. The van der Waals surface area contributed by atoms with Crippen molar-refractivity contribution in [3.8, 4) is 5.75 Å². The van der Waals surface area contributed by atoms with Gasteiger partial charge in [0.25, 0.3) is 0 Å². The number of aryl methyl sites for hydroxylation is 1. The van der Waals surface area contributed by atoms with Crippen molar-refractivity contribution in [3.05, 3.63) is 65.0 Å². The van der Waals surface area contributed by atoms with Gasteiger partial charge in [-0.2, -0.15) is 0 Å². The number of methoxy groups -OCH3 is 1. The van der Waals surface area contributed by atoms with E-state index in [0.29, 0.717) is 19.5 Å². The predicted molar refractivity (Wildman–Crippen MR) is 92.7 cm³/mol. The molecule has 2 rings (SSSR count). The summed E-state index contributed by atoms with van der Waals surface area (Å²) >= 11 is 0. The van der Waals surface area contributed by atoms with Crippen LogP contribution in [0.5, 0.6) is 5.75 Å². The molecule has 2 aromatic carbocycles. The first-order valence-corrected chi connectivity index (χ1v) is 7.86. The van der Waals surface area contributed by atoms with Crippen molar-refractivity contribution >= 4 is 6.03 Å². The molecule has 0 aliphatic rings. The van der Waals surface area contributed by atoms with E-state index in [4.69, 9.17) is 4.74 Å². The van der Waals surface area contributed by atoms with Crippen molar-refractivity contribution in [1.29, 1.82) is 0 Å². The molecule has 0 unspecified atom stereocenters. The smallest absolute Gasteiger partial charge is 0.317 e. The van der Waals surface area contributed by atoms with E-state index in [-0.39, 0.29) is 11.8 Å². The molecular weight excluding hydrogens is 307 g/mol. The normalized spacial score (nSPS) is 10.3. The maximum Gasteiger partial charge on any atom is 0.317 e. The molecule has 0 spiro atoms. The maximum atomic E-state index is 13.2. The number of nitrogens with zero attached hydrogens (tertiary/aromatic N) is 1. The summed E-state index contributed by atoms with van der Waals surface area (Å²) < 4.78 is 18.5. The molecule has 0 aromatic heterocycles. The topological polar surface area (TPSA) is 41.6 Å². The standard InChI is InChI=1S/C19H23FN2O2/c1-14-7-8-18(24-3)16(11-14)9-10-21-19(23)22(2)13-15-5-4-6-17(20)12-15/h4-8,11-12H,9-10,13H2,1-3H3,(H,21,23). The van der Waals surface area contributed by atoms with Crippen molar-refractivity contribution in [2.24, 2.45) is 0 Å². The maximum absolute atomic E-state index is 13.2. The van der Waals surface area contributed by atoms with Crippen LogP contribution in [0.25, 0.3) is 0 Å². The molecule has 0 saturated heterocycles. The highest BCUT2D eigenvalue weighted by atomic mass is 19.1. The molecule has 128 valence electrons. The van der Waals surface area contributed by atoms with E-state index in [0.717, 1.165) is 22.4 Å². The van der Waals surface area contributed by atoms with Gasteiger partial charge in [0.05, 0.1) is 7.11 Å². The molecule has 5 heteroatoms. The van der Waals surface area contributed by atoms with Crippen LogP contribution < -0.4 is 10.1 Å². The molecule has 0 bridgehead atoms. The van der Waals surface area contributed by atoms with Gasteiger partial charge in [-0.05, 0) is 42.7 Å². The molecule has 24 heavy (non-hydrogen) atoms. The molecular formula is C19H23FN2O2. The summed E-state index contributed by atoms with van der Waals surface area (Å²) in [5, 5.41) is 2.87. The summed E-state index contributed by atoms with van der Waals surface area (Å²) in [7, 11) is 3.33. The van der Waals surface area contributed by atoms with Gasteiger partial charge in [-0.1, -0.05) is 29.8 Å². The Morgan fingerprint density at radius 1 is 1.25 bits per heavy atom. The van der Waals surface area contributed by atoms with Crippen LogP contribution in [0.3, 0.4) is 0 Å². The summed E-state index contributed by atoms with van der Waals surface area (Å²) in [6.45, 7) is 2.89. The molecule has 2 aromatic rings. The van der Waals surface area contributed by atoms with Crippen LogP contribution in [-0.4, -0.2) is 31.6 Å². The Bertz CT molecular complexity index is 704. The number of rotatable bonds is 6. The van der Waals surface area contributed by atoms with Crippen molar-refractivity contribution in [3.63, 3.8) is 0 Å². The van der Waals surface area contributed by atoms with E-state index >= 15 is 0 Å². The van der Waals surface area contributed by atoms with Crippen LogP contribution in [0, 0.1) is 12.7 Å². The van der Waals surface area contributed by atoms with E-state index in [1.54, 1.807) is 26.3 Å². The minimum Gasteiger partial charge on any atom is -0.496 e. The Morgan fingerprint density at radius 3 is 2.75 bits per heavy atom. The number of ether oxygens (including phenoxy) is 1. The van der Waals surface area contributed by atoms with E-state index in [9.17, 15) is 9.18 Å². The molecule has 4 nitrogen and oxygen atoms in total. The highest BCUT2D eigenvalue weighted by Crippen LogP contribution is 2.19. The van der Waals surface area contributed by atoms with Gasteiger partial charge in [0.1, 0.15) is 11.6 Å². The Morgan fingerprint density at radius 2 is 2.04 bits per heavy atom. The first-order valence-electron chi connectivity index (χ1n) is 7.86. The highest BCUT2D eigenvalue weighted by Gasteiger charge is 2.10. The molecule has 0 saturated carbocycles. The summed E-state index contributed by atoms with van der Waals surface area (Å²) in [6, 6.07) is 12.0. The molecule has 0 aliphatic carbocycles. The van der Waals surface area contributed by atoms with Gasteiger partial charge in [-0.3, -0.25) is 0 Å². The molecule has 0 radical (unpaired) electrons. The lowest BCUT2D eigenvalue weighted by atomic mass is 10.1. The minimum atomic E-state index is -0.298. The zero-order valence-electron chi connectivity index (χ0n) is 14.3. The summed E-state index contributed by atoms with van der Waals surface area (Å²) in [6.07, 6.45) is 0.685. The fourth-order valence-electron chi connectivity index (χ4n) is 2.52. The van der Waals surface area contributed by atoms with Crippen molar-refractivity contribution in [2.45, 2.75) is 19.9 Å². The third-order valence-electron chi connectivity index (χ3n) is 3.76. The molecule has 0 atom stereocenters. The van der Waals surface area contributed by atoms with Crippen molar-refractivity contribution < 1.29 is 13.9 Å². The lowest BCUT2D eigenvalue weighted by Crippen LogP contribution is -2.37. The van der Waals surface area contributed by atoms with E-state index in [2.05, 4.69) is 11.4 Å². The second kappa shape index (κ2) is 8.34. The number of benzene rings is 2. The van der Waals surface area contributed by atoms with Gasteiger partial charge < -0.3 is 15.0 Å². The van der Waals surface area contributed by atoms with Crippen LogP contribution in [-0.2, 0) is 13.0 Å². The highest BCUT2D eigenvalue weighted by molar-refractivity contribution is 5.73. The lowest BCUT2D eigenvalue weighted by Gasteiger charge is -2.18. The van der Waals surface area contributed by atoms with Crippen LogP contribution in [0.4, 0.5) is 9.18 Å². The number of hydrogen-bond acceptors (Lipinski definition) is 2. The fraction of sp³-hybridized carbons (Fsp3) is 0.316. The van der Waals surface area contributed by atoms with Gasteiger partial charge in [-0.15, -0.1) is 0 Å². The van der Waals surface area contributed by atoms with E-state index in [1.165, 1.54) is 17.0 Å². The average Bonchev–Trinajstić information content (AvgIpc) is 2.55. The number of halogens is 1. The lowest BCUT2D eigenvalue weighted by molar-refractivity contribution is 0.207. The predicted octanol–water partition coefficient (Wildman–Crippen LogP) is 3.53. The average molecular weight is 330 g/mol. The number of hydrogen-bond donors (Lipinski definition) is 1. The van der Waals surface area contributed by atoms with Crippen LogP contribution in [0.1, 0.15) is 16.7 Å². The SMILES string of the molecule is COc1ccc(C)cc1CCNC(=O)N(C)Cc1cccc(F)c1. The van der Waals surface area contributed by atoms with Crippen molar-refractivity contribution in [2.75, 3.05) is 20.7 Å². The fourth-order valence-corrected chi connectivity index (χ4v) is 2.52. The third-order valence-corrected chi connectivity index (χ3v) is 3.76. The second-order valence-corrected chi connectivity index (χ2v) is 5.78. The molecule has 2 amide bonds. The van der Waals surface area contributed by atoms with E-state index < -0.39 is 0 Å². The monoisotopic (exact) mass is 330 g/mol. The van der Waals surface area contributed by atoms with Crippen LogP contribution >= 0.6 is 0 Å². The van der Waals surface area contributed by atoms with Gasteiger partial charge in [-0.25, -0.2) is 9.18 Å². The first kappa shape index (κ1) is 17.8. The van der Waals surface area contributed by atoms with Gasteiger partial charge in [0.15, 0.2) is 0 Å². The number of carbonyl (C=O) groups is 1. The third kappa shape index (κ3) is 4.98. The molecule has 0 fully saturated rings. The summed E-state index contributed by atoms with van der Waals surface area (Å²) in [4.78, 5) is 13.7. The van der Waals surface area contributed by atoms with E-state index in [1.807, 2.05) is 19.1 Å². The Balaban J connectivity index is 1.85.